The lowest BCUT2D eigenvalue weighted by Gasteiger charge is -2.34. The first-order valence-electron chi connectivity index (χ1n) is 6.41. The minimum Gasteiger partial charge on any atom is -0.445 e. The van der Waals surface area contributed by atoms with Crippen LogP contribution in [0.15, 0.2) is 30.3 Å². The molecule has 0 aromatic heterocycles. The Bertz CT molecular complexity index is 415. The van der Waals surface area contributed by atoms with E-state index in [4.69, 9.17) is 4.74 Å². The van der Waals surface area contributed by atoms with Crippen LogP contribution >= 0.6 is 28.6 Å². The first-order valence-corrected chi connectivity index (χ1v) is 7.96. The highest BCUT2D eigenvalue weighted by molar-refractivity contribution is 9.09. The van der Waals surface area contributed by atoms with Crippen molar-refractivity contribution in [1.29, 1.82) is 0 Å². The van der Waals surface area contributed by atoms with Gasteiger partial charge >= 0.3 is 6.09 Å². The lowest BCUT2D eigenvalue weighted by molar-refractivity contribution is 0.0830. The molecule has 0 saturated carbocycles. The number of nitrogens with zero attached hydrogens (tertiary/aromatic N) is 1. The molecule has 19 heavy (non-hydrogen) atoms. The van der Waals surface area contributed by atoms with Crippen LogP contribution in [0.5, 0.6) is 0 Å². The summed E-state index contributed by atoms with van der Waals surface area (Å²) < 4.78 is 5.34. The quantitative estimate of drug-likeness (QED) is 0.673. The van der Waals surface area contributed by atoms with Gasteiger partial charge in [-0.15, -0.1) is 0 Å². The topological polar surface area (TPSA) is 29.5 Å². The maximum atomic E-state index is 12.0. The Hall–Kier alpha value is -0.680. The first-order chi connectivity index (χ1) is 9.20. The smallest absolute Gasteiger partial charge is 0.410 e. The maximum absolute atomic E-state index is 12.0. The number of hydrogen-bond acceptors (Lipinski definition) is 3. The number of halogens is 1. The highest BCUT2D eigenvalue weighted by Crippen LogP contribution is 2.25. The molecule has 1 aromatic rings. The van der Waals surface area contributed by atoms with E-state index in [2.05, 4.69) is 28.6 Å². The monoisotopic (exact) mass is 343 g/mol. The van der Waals surface area contributed by atoms with E-state index in [1.54, 1.807) is 4.90 Å². The third-order valence-corrected chi connectivity index (χ3v) is 5.01. The van der Waals surface area contributed by atoms with Crippen molar-refractivity contribution >= 4 is 34.7 Å². The fourth-order valence-corrected chi connectivity index (χ4v) is 3.37. The highest BCUT2D eigenvalue weighted by Gasteiger charge is 2.29. The number of carbonyl (C=O) groups excluding carboxylic acids is 1. The van der Waals surface area contributed by atoms with E-state index in [0.29, 0.717) is 23.9 Å². The maximum Gasteiger partial charge on any atom is 0.410 e. The third kappa shape index (κ3) is 4.14. The summed E-state index contributed by atoms with van der Waals surface area (Å²) >= 11 is 7.97. The number of alkyl halides is 1. The zero-order valence-electron chi connectivity index (χ0n) is 10.7. The van der Waals surface area contributed by atoms with Crippen LogP contribution in [0.4, 0.5) is 4.79 Å². The van der Waals surface area contributed by atoms with Crippen LogP contribution in [0.3, 0.4) is 0 Å². The molecule has 0 bridgehead atoms. The molecule has 1 heterocycles. The summed E-state index contributed by atoms with van der Waals surface area (Å²) in [6.07, 6.45) is 0.723. The van der Waals surface area contributed by atoms with Gasteiger partial charge in [-0.05, 0) is 23.7 Å². The number of thiol groups is 1. The Morgan fingerprint density at radius 3 is 2.84 bits per heavy atom. The molecule has 2 unspecified atom stereocenters. The molecule has 2 atom stereocenters. The molecule has 3 nitrogen and oxygen atoms in total. The van der Waals surface area contributed by atoms with Crippen LogP contribution in [0.2, 0.25) is 0 Å². The summed E-state index contributed by atoms with van der Waals surface area (Å²) in [6.45, 7) is 1.79. The molecule has 0 radical (unpaired) electrons. The molecule has 104 valence electrons. The second kappa shape index (κ2) is 7.20. The third-order valence-electron chi connectivity index (χ3n) is 3.34. The lowest BCUT2D eigenvalue weighted by Crippen LogP contribution is -2.45. The molecule has 5 heteroatoms. The van der Waals surface area contributed by atoms with Gasteiger partial charge in [-0.2, -0.15) is 12.6 Å². The minimum absolute atomic E-state index is 0.227. The average Bonchev–Trinajstić information content (AvgIpc) is 2.46. The Morgan fingerprint density at radius 2 is 2.16 bits per heavy atom. The molecule has 1 aliphatic rings. The van der Waals surface area contributed by atoms with Crippen molar-refractivity contribution in [2.24, 2.45) is 5.92 Å². The summed E-state index contributed by atoms with van der Waals surface area (Å²) in [5.41, 5.74) is 1.01. The van der Waals surface area contributed by atoms with Gasteiger partial charge in [-0.1, -0.05) is 46.3 Å². The summed E-state index contributed by atoms with van der Waals surface area (Å²) in [5, 5.41) is 0. The molecule has 0 aliphatic carbocycles. The highest BCUT2D eigenvalue weighted by atomic mass is 79.9. The lowest BCUT2D eigenvalue weighted by atomic mass is 10.0. The largest absolute Gasteiger partial charge is 0.445 e. The normalized spacial score (nSPS) is 23.2. The van der Waals surface area contributed by atoms with Crippen molar-refractivity contribution < 1.29 is 9.53 Å². The zero-order valence-corrected chi connectivity index (χ0v) is 13.1. The van der Waals surface area contributed by atoms with Crippen molar-refractivity contribution in [3.8, 4) is 0 Å². The minimum atomic E-state index is -0.227. The summed E-state index contributed by atoms with van der Waals surface area (Å²) in [6, 6.07) is 9.74. The fraction of sp³-hybridized carbons (Fsp3) is 0.500. The van der Waals surface area contributed by atoms with Crippen molar-refractivity contribution in [3.05, 3.63) is 35.9 Å². The summed E-state index contributed by atoms with van der Waals surface area (Å²) in [7, 11) is 0. The number of likely N-dealkylation sites (tertiary alicyclic amines) is 1. The van der Waals surface area contributed by atoms with Gasteiger partial charge in [0.15, 0.2) is 0 Å². The van der Waals surface area contributed by atoms with Crippen LogP contribution in [0, 0.1) is 5.92 Å². The Kier molecular flexibility index (Phi) is 5.58. The predicted molar refractivity (Wildman–Crippen MR) is 82.9 cm³/mol. The predicted octanol–water partition coefficient (Wildman–Crippen LogP) is 3.34. The standard InChI is InChI=1S/C14H18BrNO2S/c15-13-6-7-16(8-12(13)10-19)14(17)18-9-11-4-2-1-3-5-11/h1-5,12-13,19H,6-10H2. The van der Waals surface area contributed by atoms with Crippen molar-refractivity contribution in [3.63, 3.8) is 0 Å². The molecule has 0 spiro atoms. The van der Waals surface area contributed by atoms with Crippen LogP contribution in [-0.2, 0) is 11.3 Å². The molecule has 1 amide bonds. The first kappa shape index (κ1) is 14.7. The van der Waals surface area contributed by atoms with E-state index in [1.807, 2.05) is 30.3 Å². The Balaban J connectivity index is 1.83. The number of carbonyl (C=O) groups is 1. The van der Waals surface area contributed by atoms with E-state index in [9.17, 15) is 4.79 Å². The summed E-state index contributed by atoms with van der Waals surface area (Å²) in [5.74, 6) is 1.17. The van der Waals surface area contributed by atoms with Crippen LogP contribution < -0.4 is 0 Å². The van der Waals surface area contributed by atoms with Crippen molar-refractivity contribution in [1.82, 2.24) is 4.90 Å². The molecule has 2 rings (SSSR count). The number of amides is 1. The second-order valence-electron chi connectivity index (χ2n) is 4.73. The van der Waals surface area contributed by atoms with Gasteiger partial charge in [0.05, 0.1) is 0 Å². The number of benzene rings is 1. The van der Waals surface area contributed by atoms with Crippen LogP contribution in [0.1, 0.15) is 12.0 Å². The SMILES string of the molecule is O=C(OCc1ccccc1)N1CCC(Br)C(CS)C1. The number of rotatable bonds is 3. The second-order valence-corrected chi connectivity index (χ2v) is 6.27. The number of ether oxygens (including phenoxy) is 1. The van der Waals surface area contributed by atoms with E-state index < -0.39 is 0 Å². The number of piperidine rings is 1. The van der Waals surface area contributed by atoms with Gasteiger partial charge < -0.3 is 9.64 Å². The number of hydrogen-bond donors (Lipinski definition) is 1. The Morgan fingerprint density at radius 1 is 1.42 bits per heavy atom. The van der Waals surface area contributed by atoms with E-state index in [-0.39, 0.29) is 6.09 Å². The van der Waals surface area contributed by atoms with E-state index in [0.717, 1.165) is 24.3 Å². The molecular formula is C14H18BrNO2S. The van der Waals surface area contributed by atoms with Crippen molar-refractivity contribution in [2.45, 2.75) is 17.9 Å². The van der Waals surface area contributed by atoms with Gasteiger partial charge in [0.2, 0.25) is 0 Å². The van der Waals surface area contributed by atoms with Gasteiger partial charge in [0.1, 0.15) is 6.61 Å². The summed E-state index contributed by atoms with van der Waals surface area (Å²) in [4.78, 5) is 14.2. The van der Waals surface area contributed by atoms with E-state index in [1.165, 1.54) is 0 Å². The van der Waals surface area contributed by atoms with E-state index >= 15 is 0 Å². The van der Waals surface area contributed by atoms with Gasteiger partial charge in [0, 0.05) is 17.9 Å². The average molecular weight is 344 g/mol. The molecule has 1 fully saturated rings. The van der Waals surface area contributed by atoms with Crippen LogP contribution in [0.25, 0.3) is 0 Å². The fourth-order valence-electron chi connectivity index (χ4n) is 2.15. The van der Waals surface area contributed by atoms with Gasteiger partial charge in [-0.25, -0.2) is 4.79 Å². The molecule has 1 saturated heterocycles. The van der Waals surface area contributed by atoms with Crippen molar-refractivity contribution in [2.75, 3.05) is 18.8 Å². The zero-order chi connectivity index (χ0) is 13.7. The van der Waals surface area contributed by atoms with Gasteiger partial charge in [0.25, 0.3) is 0 Å². The molecule has 1 aliphatic heterocycles. The molecule has 0 N–H and O–H groups in total. The molecule has 1 aromatic carbocycles. The van der Waals surface area contributed by atoms with Crippen LogP contribution in [-0.4, -0.2) is 34.7 Å². The Labute approximate surface area is 127 Å². The van der Waals surface area contributed by atoms with Gasteiger partial charge in [-0.3, -0.25) is 0 Å². The molecular weight excluding hydrogens is 326 g/mol.